The van der Waals surface area contributed by atoms with E-state index in [1.807, 2.05) is 43.3 Å². The number of fused-ring (bicyclic) bond motifs is 1. The minimum absolute atomic E-state index is 0.245. The third-order valence-corrected chi connectivity index (χ3v) is 3.65. The number of aromatic carboxylic acids is 1. The summed E-state index contributed by atoms with van der Waals surface area (Å²) in [4.78, 5) is 16.3. The second kappa shape index (κ2) is 5.48. The van der Waals surface area contributed by atoms with Gasteiger partial charge in [-0.05, 0) is 30.7 Å². The standard InChI is InChI=1S/C18H15NO3/c1-11-6-5-8-12-14(18(20)21)10-15(19-17(11)12)13-7-3-4-9-16(13)22-2/h3-10H,1-2H3,(H,20,21). The van der Waals surface area contributed by atoms with E-state index in [0.717, 1.165) is 11.1 Å². The molecule has 0 aliphatic heterocycles. The van der Waals surface area contributed by atoms with Crippen molar-refractivity contribution in [2.45, 2.75) is 6.92 Å². The maximum absolute atomic E-state index is 11.6. The van der Waals surface area contributed by atoms with Crippen LogP contribution in [-0.2, 0) is 0 Å². The summed E-state index contributed by atoms with van der Waals surface area (Å²) in [7, 11) is 1.59. The van der Waals surface area contributed by atoms with Gasteiger partial charge in [-0.1, -0.05) is 30.3 Å². The summed E-state index contributed by atoms with van der Waals surface area (Å²) in [6.07, 6.45) is 0. The van der Waals surface area contributed by atoms with Crippen molar-refractivity contribution in [2.75, 3.05) is 7.11 Å². The summed E-state index contributed by atoms with van der Waals surface area (Å²) in [5, 5.41) is 10.2. The number of hydrogen-bond donors (Lipinski definition) is 1. The minimum Gasteiger partial charge on any atom is -0.496 e. The number of pyridine rings is 1. The Morgan fingerprint density at radius 1 is 1.14 bits per heavy atom. The van der Waals surface area contributed by atoms with Crippen LogP contribution in [0.1, 0.15) is 15.9 Å². The molecule has 0 aliphatic rings. The van der Waals surface area contributed by atoms with Gasteiger partial charge in [0.1, 0.15) is 5.75 Å². The summed E-state index contributed by atoms with van der Waals surface area (Å²) < 4.78 is 5.35. The predicted octanol–water partition coefficient (Wildman–Crippen LogP) is 3.92. The summed E-state index contributed by atoms with van der Waals surface area (Å²) in [5.41, 5.74) is 3.25. The van der Waals surface area contributed by atoms with Crippen LogP contribution in [0.4, 0.5) is 0 Å². The van der Waals surface area contributed by atoms with E-state index in [1.165, 1.54) is 0 Å². The molecule has 3 aromatic rings. The quantitative estimate of drug-likeness (QED) is 0.795. The van der Waals surface area contributed by atoms with Crippen LogP contribution in [0.15, 0.2) is 48.5 Å². The number of hydrogen-bond acceptors (Lipinski definition) is 3. The van der Waals surface area contributed by atoms with E-state index < -0.39 is 5.97 Å². The molecule has 110 valence electrons. The fraction of sp³-hybridized carbons (Fsp3) is 0.111. The molecule has 0 spiro atoms. The average Bonchev–Trinajstić information content (AvgIpc) is 2.54. The fourth-order valence-electron chi connectivity index (χ4n) is 2.56. The van der Waals surface area contributed by atoms with Crippen LogP contribution in [0.5, 0.6) is 5.75 Å². The molecule has 0 radical (unpaired) electrons. The Bertz CT molecular complexity index is 871. The normalized spacial score (nSPS) is 10.6. The van der Waals surface area contributed by atoms with Gasteiger partial charge in [0.05, 0.1) is 23.9 Å². The summed E-state index contributed by atoms with van der Waals surface area (Å²) >= 11 is 0. The molecule has 0 aliphatic carbocycles. The number of carboxylic acids is 1. The van der Waals surface area contributed by atoms with Crippen LogP contribution in [-0.4, -0.2) is 23.2 Å². The summed E-state index contributed by atoms with van der Waals surface area (Å²) in [5.74, 6) is -0.298. The molecule has 1 heterocycles. The Morgan fingerprint density at radius 2 is 1.91 bits per heavy atom. The van der Waals surface area contributed by atoms with E-state index in [4.69, 9.17) is 4.74 Å². The molecule has 22 heavy (non-hydrogen) atoms. The largest absolute Gasteiger partial charge is 0.496 e. The highest BCUT2D eigenvalue weighted by Gasteiger charge is 2.15. The molecule has 0 saturated carbocycles. The number of aromatic nitrogens is 1. The van der Waals surface area contributed by atoms with Crippen molar-refractivity contribution in [1.82, 2.24) is 4.98 Å². The lowest BCUT2D eigenvalue weighted by Gasteiger charge is -2.11. The molecule has 3 rings (SSSR count). The Balaban J connectivity index is 2.36. The van der Waals surface area contributed by atoms with Gasteiger partial charge in [0.25, 0.3) is 0 Å². The van der Waals surface area contributed by atoms with Crippen molar-refractivity contribution in [1.29, 1.82) is 0 Å². The average molecular weight is 293 g/mol. The molecule has 0 unspecified atom stereocenters. The van der Waals surface area contributed by atoms with Crippen molar-refractivity contribution in [3.8, 4) is 17.0 Å². The molecule has 0 bridgehead atoms. The smallest absolute Gasteiger partial charge is 0.336 e. The van der Waals surface area contributed by atoms with Gasteiger partial charge in [-0.2, -0.15) is 0 Å². The van der Waals surface area contributed by atoms with Crippen LogP contribution in [0.3, 0.4) is 0 Å². The van der Waals surface area contributed by atoms with Gasteiger partial charge in [-0.15, -0.1) is 0 Å². The zero-order chi connectivity index (χ0) is 15.7. The van der Waals surface area contributed by atoms with Gasteiger partial charge in [0.15, 0.2) is 0 Å². The molecule has 1 N–H and O–H groups in total. The van der Waals surface area contributed by atoms with Crippen LogP contribution in [0.25, 0.3) is 22.2 Å². The van der Waals surface area contributed by atoms with Crippen molar-refractivity contribution >= 4 is 16.9 Å². The monoisotopic (exact) mass is 293 g/mol. The first-order valence-corrected chi connectivity index (χ1v) is 6.89. The van der Waals surface area contributed by atoms with Gasteiger partial charge < -0.3 is 9.84 Å². The zero-order valence-electron chi connectivity index (χ0n) is 12.3. The van der Waals surface area contributed by atoms with Crippen LogP contribution < -0.4 is 4.74 Å². The molecule has 4 heteroatoms. The second-order valence-electron chi connectivity index (χ2n) is 5.03. The summed E-state index contributed by atoms with van der Waals surface area (Å²) in [6, 6.07) is 14.6. The topological polar surface area (TPSA) is 59.4 Å². The van der Waals surface area contributed by atoms with E-state index in [-0.39, 0.29) is 5.56 Å². The van der Waals surface area contributed by atoms with Crippen LogP contribution >= 0.6 is 0 Å². The SMILES string of the molecule is COc1ccccc1-c1cc(C(=O)O)c2cccc(C)c2n1. The first-order valence-electron chi connectivity index (χ1n) is 6.89. The fourth-order valence-corrected chi connectivity index (χ4v) is 2.56. The van der Waals surface area contributed by atoms with Gasteiger partial charge in [-0.25, -0.2) is 9.78 Å². The second-order valence-corrected chi connectivity index (χ2v) is 5.03. The Hall–Kier alpha value is -2.88. The third-order valence-electron chi connectivity index (χ3n) is 3.65. The maximum Gasteiger partial charge on any atom is 0.336 e. The maximum atomic E-state index is 11.6. The zero-order valence-corrected chi connectivity index (χ0v) is 12.3. The Labute approximate surface area is 128 Å². The number of carbonyl (C=O) groups is 1. The van der Waals surface area contributed by atoms with Gasteiger partial charge >= 0.3 is 5.97 Å². The van der Waals surface area contributed by atoms with E-state index in [1.54, 1.807) is 19.2 Å². The minimum atomic E-state index is -0.964. The first-order chi connectivity index (χ1) is 10.6. The van der Waals surface area contributed by atoms with Crippen molar-refractivity contribution < 1.29 is 14.6 Å². The van der Waals surface area contributed by atoms with E-state index in [9.17, 15) is 9.90 Å². The Morgan fingerprint density at radius 3 is 2.64 bits per heavy atom. The number of aryl methyl sites for hydroxylation is 1. The number of ether oxygens (including phenoxy) is 1. The van der Waals surface area contributed by atoms with E-state index in [0.29, 0.717) is 22.3 Å². The van der Waals surface area contributed by atoms with E-state index >= 15 is 0 Å². The number of nitrogens with zero attached hydrogens (tertiary/aromatic N) is 1. The molecule has 0 amide bonds. The van der Waals surface area contributed by atoms with Crippen molar-refractivity contribution in [2.24, 2.45) is 0 Å². The Kier molecular flexibility index (Phi) is 3.51. The molecule has 0 atom stereocenters. The predicted molar refractivity (Wildman–Crippen MR) is 85.4 cm³/mol. The highest BCUT2D eigenvalue weighted by Crippen LogP contribution is 2.32. The van der Waals surface area contributed by atoms with Crippen molar-refractivity contribution in [3.63, 3.8) is 0 Å². The summed E-state index contributed by atoms with van der Waals surface area (Å²) in [6.45, 7) is 1.92. The highest BCUT2D eigenvalue weighted by atomic mass is 16.5. The van der Waals surface area contributed by atoms with Gasteiger partial charge in [0, 0.05) is 10.9 Å². The number of para-hydroxylation sites is 2. The number of carboxylic acid groups (broad SMARTS) is 1. The lowest BCUT2D eigenvalue weighted by Crippen LogP contribution is -2.01. The molecule has 4 nitrogen and oxygen atoms in total. The molecule has 1 aromatic heterocycles. The van der Waals surface area contributed by atoms with Crippen molar-refractivity contribution in [3.05, 3.63) is 59.7 Å². The first kappa shape index (κ1) is 14.1. The van der Waals surface area contributed by atoms with Gasteiger partial charge in [0.2, 0.25) is 0 Å². The highest BCUT2D eigenvalue weighted by molar-refractivity contribution is 6.04. The lowest BCUT2D eigenvalue weighted by molar-refractivity contribution is 0.0699. The molecular weight excluding hydrogens is 278 g/mol. The third kappa shape index (κ3) is 2.29. The number of methoxy groups -OCH3 is 1. The molecule has 2 aromatic carbocycles. The van der Waals surface area contributed by atoms with Gasteiger partial charge in [-0.3, -0.25) is 0 Å². The molecule has 0 saturated heterocycles. The van der Waals surface area contributed by atoms with Crippen LogP contribution in [0.2, 0.25) is 0 Å². The van der Waals surface area contributed by atoms with Crippen LogP contribution in [0, 0.1) is 6.92 Å². The molecule has 0 fully saturated rings. The number of benzene rings is 2. The molecular formula is C18H15NO3. The lowest BCUT2D eigenvalue weighted by atomic mass is 10.0. The van der Waals surface area contributed by atoms with E-state index in [2.05, 4.69) is 4.98 Å². The number of rotatable bonds is 3.